The molecule has 0 radical (unpaired) electrons. The minimum absolute atomic E-state index is 0.0925. The van der Waals surface area contributed by atoms with Crippen molar-refractivity contribution in [2.75, 3.05) is 25.6 Å². The van der Waals surface area contributed by atoms with Crippen molar-refractivity contribution in [2.24, 2.45) is 0 Å². The molecule has 2 rings (SSSR count). The Morgan fingerprint density at radius 2 is 2.33 bits per heavy atom. The van der Waals surface area contributed by atoms with Gasteiger partial charge in [-0.1, -0.05) is 11.6 Å². The van der Waals surface area contributed by atoms with E-state index >= 15 is 0 Å². The lowest BCUT2D eigenvalue weighted by atomic mass is 10.1. The van der Waals surface area contributed by atoms with Crippen LogP contribution in [0.1, 0.15) is 23.2 Å². The molecular weight excluding hydrogens is 252 g/mol. The second-order valence-electron chi connectivity index (χ2n) is 4.33. The van der Waals surface area contributed by atoms with E-state index in [0.717, 1.165) is 25.1 Å². The van der Waals surface area contributed by atoms with Crippen molar-refractivity contribution >= 4 is 23.2 Å². The molecule has 0 aromatic heterocycles. The fourth-order valence-electron chi connectivity index (χ4n) is 2.04. The molecule has 4 nitrogen and oxygen atoms in total. The average Bonchev–Trinajstić information content (AvgIpc) is 2.40. The summed E-state index contributed by atoms with van der Waals surface area (Å²) in [7, 11) is 1.78. The summed E-state index contributed by atoms with van der Waals surface area (Å²) in [5, 5.41) is 6.52. The third kappa shape index (κ3) is 3.15. The molecule has 2 N–H and O–H groups in total. The highest BCUT2D eigenvalue weighted by Crippen LogP contribution is 2.20. The van der Waals surface area contributed by atoms with Gasteiger partial charge in [0, 0.05) is 24.4 Å². The summed E-state index contributed by atoms with van der Waals surface area (Å²) in [6.45, 7) is 1.37. The molecule has 0 bridgehead atoms. The average molecular weight is 269 g/mol. The standard InChI is InChI=1S/C13H17ClN2O2/c1-15-12-5-4-9(14)7-11(12)13(17)16-10-3-2-6-18-8-10/h4-5,7,10,15H,2-3,6,8H2,1H3,(H,16,17). The zero-order chi connectivity index (χ0) is 13.0. The van der Waals surface area contributed by atoms with E-state index in [-0.39, 0.29) is 11.9 Å². The predicted molar refractivity (Wildman–Crippen MR) is 72.3 cm³/mol. The molecule has 1 atom stereocenters. The molecule has 1 unspecified atom stereocenters. The zero-order valence-electron chi connectivity index (χ0n) is 10.3. The van der Waals surface area contributed by atoms with Crippen molar-refractivity contribution in [3.05, 3.63) is 28.8 Å². The van der Waals surface area contributed by atoms with Gasteiger partial charge >= 0.3 is 0 Å². The molecule has 1 aromatic rings. The Hall–Kier alpha value is -1.26. The van der Waals surface area contributed by atoms with Crippen molar-refractivity contribution < 1.29 is 9.53 Å². The van der Waals surface area contributed by atoms with Gasteiger partial charge in [-0.2, -0.15) is 0 Å². The first-order valence-corrected chi connectivity index (χ1v) is 6.44. The first-order valence-electron chi connectivity index (χ1n) is 6.06. The quantitative estimate of drug-likeness (QED) is 0.884. The van der Waals surface area contributed by atoms with Gasteiger partial charge in [-0.15, -0.1) is 0 Å². The summed E-state index contributed by atoms with van der Waals surface area (Å²) < 4.78 is 5.34. The van der Waals surface area contributed by atoms with Crippen LogP contribution in [0, 0.1) is 0 Å². The maximum absolute atomic E-state index is 12.2. The Labute approximate surface area is 112 Å². The van der Waals surface area contributed by atoms with Crippen molar-refractivity contribution in [1.82, 2.24) is 5.32 Å². The highest BCUT2D eigenvalue weighted by atomic mass is 35.5. The number of nitrogens with one attached hydrogen (secondary N) is 2. The van der Waals surface area contributed by atoms with Gasteiger partial charge in [-0.25, -0.2) is 0 Å². The van der Waals surface area contributed by atoms with Gasteiger partial charge in [0.1, 0.15) is 0 Å². The molecule has 1 amide bonds. The number of carbonyl (C=O) groups excluding carboxylic acids is 1. The van der Waals surface area contributed by atoms with Crippen molar-refractivity contribution in [2.45, 2.75) is 18.9 Å². The topological polar surface area (TPSA) is 50.4 Å². The van der Waals surface area contributed by atoms with Crippen molar-refractivity contribution in [1.29, 1.82) is 0 Å². The number of anilines is 1. The van der Waals surface area contributed by atoms with Crippen LogP contribution in [0.5, 0.6) is 0 Å². The molecular formula is C13H17ClN2O2. The van der Waals surface area contributed by atoms with E-state index in [1.54, 1.807) is 25.2 Å². The van der Waals surface area contributed by atoms with Crippen LogP contribution in [0.3, 0.4) is 0 Å². The Morgan fingerprint density at radius 1 is 1.50 bits per heavy atom. The van der Waals surface area contributed by atoms with Crippen LogP contribution in [0.2, 0.25) is 5.02 Å². The van der Waals surface area contributed by atoms with E-state index in [9.17, 15) is 4.79 Å². The Bertz CT molecular complexity index is 431. The monoisotopic (exact) mass is 268 g/mol. The predicted octanol–water partition coefficient (Wildman–Crippen LogP) is 2.29. The van der Waals surface area contributed by atoms with E-state index in [0.29, 0.717) is 17.2 Å². The smallest absolute Gasteiger partial charge is 0.253 e. The second-order valence-corrected chi connectivity index (χ2v) is 4.76. The van der Waals surface area contributed by atoms with Crippen LogP contribution in [-0.2, 0) is 4.74 Å². The minimum atomic E-state index is -0.114. The van der Waals surface area contributed by atoms with Crippen LogP contribution in [0.4, 0.5) is 5.69 Å². The Balaban J connectivity index is 2.09. The van der Waals surface area contributed by atoms with Gasteiger partial charge < -0.3 is 15.4 Å². The van der Waals surface area contributed by atoms with Crippen LogP contribution >= 0.6 is 11.6 Å². The molecule has 0 aliphatic carbocycles. The van der Waals surface area contributed by atoms with Gasteiger partial charge in [0.15, 0.2) is 0 Å². The molecule has 0 saturated carbocycles. The first-order chi connectivity index (χ1) is 8.70. The van der Waals surface area contributed by atoms with Gasteiger partial charge in [0.2, 0.25) is 0 Å². The zero-order valence-corrected chi connectivity index (χ0v) is 11.1. The fraction of sp³-hybridized carbons (Fsp3) is 0.462. The number of ether oxygens (including phenoxy) is 1. The molecule has 1 heterocycles. The van der Waals surface area contributed by atoms with Crippen LogP contribution in [0.15, 0.2) is 18.2 Å². The van der Waals surface area contributed by atoms with E-state index in [2.05, 4.69) is 10.6 Å². The van der Waals surface area contributed by atoms with Crippen LogP contribution in [-0.4, -0.2) is 32.2 Å². The van der Waals surface area contributed by atoms with Crippen LogP contribution in [0.25, 0.3) is 0 Å². The lowest BCUT2D eigenvalue weighted by molar-refractivity contribution is 0.0624. The van der Waals surface area contributed by atoms with E-state index < -0.39 is 0 Å². The normalized spacial score (nSPS) is 19.3. The fourth-order valence-corrected chi connectivity index (χ4v) is 2.21. The lowest BCUT2D eigenvalue weighted by Gasteiger charge is -2.23. The largest absolute Gasteiger partial charge is 0.387 e. The molecule has 1 aromatic carbocycles. The molecule has 0 spiro atoms. The maximum Gasteiger partial charge on any atom is 0.253 e. The summed E-state index contributed by atoms with van der Waals surface area (Å²) in [4.78, 5) is 12.2. The summed E-state index contributed by atoms with van der Waals surface area (Å²) >= 11 is 5.93. The molecule has 1 aliphatic heterocycles. The summed E-state index contributed by atoms with van der Waals surface area (Å²) in [5.74, 6) is -0.114. The molecule has 5 heteroatoms. The molecule has 1 fully saturated rings. The third-order valence-corrected chi connectivity index (χ3v) is 3.23. The van der Waals surface area contributed by atoms with Gasteiger partial charge in [-0.3, -0.25) is 4.79 Å². The van der Waals surface area contributed by atoms with E-state index in [4.69, 9.17) is 16.3 Å². The van der Waals surface area contributed by atoms with Gasteiger partial charge in [-0.05, 0) is 31.0 Å². The van der Waals surface area contributed by atoms with Crippen LogP contribution < -0.4 is 10.6 Å². The van der Waals surface area contributed by atoms with Crippen molar-refractivity contribution in [3.8, 4) is 0 Å². The lowest BCUT2D eigenvalue weighted by Crippen LogP contribution is -2.40. The second kappa shape index (κ2) is 6.07. The molecule has 18 heavy (non-hydrogen) atoms. The number of amides is 1. The molecule has 1 saturated heterocycles. The number of hydrogen-bond donors (Lipinski definition) is 2. The SMILES string of the molecule is CNc1ccc(Cl)cc1C(=O)NC1CCCOC1. The van der Waals surface area contributed by atoms with E-state index in [1.807, 2.05) is 0 Å². The number of halogens is 1. The minimum Gasteiger partial charge on any atom is -0.387 e. The number of benzene rings is 1. The van der Waals surface area contributed by atoms with Gasteiger partial charge in [0.25, 0.3) is 5.91 Å². The number of hydrogen-bond acceptors (Lipinski definition) is 3. The number of carbonyl (C=O) groups is 1. The Kier molecular flexibility index (Phi) is 4.44. The van der Waals surface area contributed by atoms with E-state index in [1.165, 1.54) is 0 Å². The summed E-state index contributed by atoms with van der Waals surface area (Å²) in [6, 6.07) is 5.32. The molecule has 1 aliphatic rings. The number of rotatable bonds is 3. The maximum atomic E-state index is 12.2. The highest BCUT2D eigenvalue weighted by Gasteiger charge is 2.18. The molecule has 98 valence electrons. The summed E-state index contributed by atoms with van der Waals surface area (Å²) in [5.41, 5.74) is 1.34. The first kappa shape index (κ1) is 13.2. The van der Waals surface area contributed by atoms with Crippen molar-refractivity contribution in [3.63, 3.8) is 0 Å². The third-order valence-electron chi connectivity index (χ3n) is 2.99. The highest BCUT2D eigenvalue weighted by molar-refractivity contribution is 6.31. The van der Waals surface area contributed by atoms with Gasteiger partial charge in [0.05, 0.1) is 18.2 Å². The Morgan fingerprint density at radius 3 is 3.00 bits per heavy atom. The summed E-state index contributed by atoms with van der Waals surface area (Å²) in [6.07, 6.45) is 1.95.